The molecule has 1 fully saturated rings. The molecule has 0 aliphatic carbocycles. The minimum Gasteiger partial charge on any atom is -0.454 e. The average molecular weight is 478 g/mol. The Balaban J connectivity index is 1.34. The van der Waals surface area contributed by atoms with Crippen LogP contribution in [0, 0.1) is 0 Å². The minimum atomic E-state index is -2.98. The van der Waals surface area contributed by atoms with Crippen molar-refractivity contribution in [3.8, 4) is 17.2 Å². The zero-order valence-corrected chi connectivity index (χ0v) is 18.0. The maximum absolute atomic E-state index is 12.7. The third-order valence-corrected chi connectivity index (χ3v) is 5.89. The molecule has 0 radical (unpaired) electrons. The van der Waals surface area contributed by atoms with Crippen LogP contribution in [0.25, 0.3) is 6.08 Å². The summed E-state index contributed by atoms with van der Waals surface area (Å²) in [6.45, 7) is -2.52. The lowest BCUT2D eigenvalue weighted by Gasteiger charge is -2.15. The average Bonchev–Trinajstić information content (AvgIpc) is 3.32. The molecule has 2 amide bonds. The molecule has 2 aromatic rings. The number of thioether (sulfide) groups is 1. The van der Waals surface area contributed by atoms with Gasteiger partial charge in [-0.3, -0.25) is 14.5 Å². The highest BCUT2D eigenvalue weighted by Gasteiger charge is 2.31. The number of carbonyl (C=O) groups is 2. The fourth-order valence-corrected chi connectivity index (χ4v) is 4.35. The van der Waals surface area contributed by atoms with Crippen LogP contribution in [-0.2, 0) is 4.79 Å². The van der Waals surface area contributed by atoms with E-state index in [1.807, 2.05) is 6.07 Å². The Labute approximate surface area is 191 Å². The van der Waals surface area contributed by atoms with Gasteiger partial charge in [0.05, 0.1) is 4.91 Å². The molecule has 0 aromatic heterocycles. The summed E-state index contributed by atoms with van der Waals surface area (Å²) in [4.78, 5) is 26.9. The highest BCUT2D eigenvalue weighted by atomic mass is 32.2. The summed E-state index contributed by atoms with van der Waals surface area (Å²) in [6, 6.07) is 10.8. The van der Waals surface area contributed by atoms with Gasteiger partial charge >= 0.3 is 6.61 Å². The summed E-state index contributed by atoms with van der Waals surface area (Å²) in [6.07, 6.45) is 1.72. The van der Waals surface area contributed by atoms with Gasteiger partial charge in [-0.05, 0) is 42.0 Å². The lowest BCUT2D eigenvalue weighted by Crippen LogP contribution is -2.37. The number of rotatable bonds is 7. The second-order valence-corrected chi connectivity index (χ2v) is 8.28. The van der Waals surface area contributed by atoms with Gasteiger partial charge in [0.1, 0.15) is 10.1 Å². The fraction of sp³-hybridized carbons (Fsp3) is 0.190. The van der Waals surface area contributed by atoms with E-state index in [0.29, 0.717) is 20.7 Å². The van der Waals surface area contributed by atoms with Crippen molar-refractivity contribution < 1.29 is 32.6 Å². The number of nitrogens with zero attached hydrogens (tertiary/aromatic N) is 1. The van der Waals surface area contributed by atoms with Gasteiger partial charge in [-0.1, -0.05) is 36.1 Å². The molecule has 1 saturated heterocycles. The molecule has 2 heterocycles. The second-order valence-electron chi connectivity index (χ2n) is 6.61. The Morgan fingerprint density at radius 2 is 2.06 bits per heavy atom. The normalized spacial score (nSPS) is 16.2. The molecule has 166 valence electrons. The number of hydrogen-bond acceptors (Lipinski definition) is 7. The Bertz CT molecular complexity index is 1110. The maximum Gasteiger partial charge on any atom is 0.387 e. The Morgan fingerprint density at radius 1 is 1.25 bits per heavy atom. The van der Waals surface area contributed by atoms with E-state index >= 15 is 0 Å². The molecule has 0 unspecified atom stereocenters. The molecule has 2 aliphatic heterocycles. The molecule has 0 atom stereocenters. The number of halogens is 2. The van der Waals surface area contributed by atoms with E-state index in [4.69, 9.17) is 21.7 Å². The minimum absolute atomic E-state index is 0.113. The first kappa shape index (κ1) is 22.0. The Kier molecular flexibility index (Phi) is 6.56. The Hall–Kier alpha value is -3.18. The van der Waals surface area contributed by atoms with Crippen LogP contribution in [0.4, 0.5) is 8.78 Å². The summed E-state index contributed by atoms with van der Waals surface area (Å²) in [5.41, 5.74) is 0.935. The Morgan fingerprint density at radius 3 is 2.88 bits per heavy atom. The molecule has 7 nitrogen and oxygen atoms in total. The summed E-state index contributed by atoms with van der Waals surface area (Å²) >= 11 is 6.47. The van der Waals surface area contributed by atoms with E-state index in [-0.39, 0.29) is 37.1 Å². The van der Waals surface area contributed by atoms with Crippen molar-refractivity contribution in [3.05, 3.63) is 58.5 Å². The molecule has 2 aliphatic rings. The largest absolute Gasteiger partial charge is 0.454 e. The molecule has 2 aromatic carbocycles. The summed E-state index contributed by atoms with van der Waals surface area (Å²) in [7, 11) is 0. The van der Waals surface area contributed by atoms with Crippen LogP contribution in [0.5, 0.6) is 17.2 Å². The molecule has 0 saturated carbocycles. The molecular formula is C21H16F2N2O5S2. The van der Waals surface area contributed by atoms with E-state index in [0.717, 1.165) is 5.56 Å². The number of benzene rings is 2. The lowest BCUT2D eigenvalue weighted by atomic mass is 10.2. The standard InChI is InChI=1S/C21H16F2N2O5S2/c22-20(23)30-14-3-1-2-13(10-14)18(26)24-6-7-25-19(27)17(32-21(25)31)9-12-4-5-15-16(8-12)29-11-28-15/h1-5,8-10,20H,6-7,11H2,(H,24,26)/b17-9+. The van der Waals surface area contributed by atoms with Gasteiger partial charge < -0.3 is 19.5 Å². The van der Waals surface area contributed by atoms with Crippen LogP contribution in [0.2, 0.25) is 0 Å². The van der Waals surface area contributed by atoms with E-state index in [1.165, 1.54) is 40.9 Å². The number of alkyl halides is 2. The van der Waals surface area contributed by atoms with Crippen LogP contribution in [-0.4, -0.2) is 47.5 Å². The monoisotopic (exact) mass is 478 g/mol. The summed E-state index contributed by atoms with van der Waals surface area (Å²) in [5, 5.41) is 2.65. The number of amides is 2. The van der Waals surface area contributed by atoms with Crippen LogP contribution in [0.15, 0.2) is 47.4 Å². The predicted molar refractivity (Wildman–Crippen MR) is 118 cm³/mol. The highest BCUT2D eigenvalue weighted by molar-refractivity contribution is 8.26. The van der Waals surface area contributed by atoms with E-state index in [9.17, 15) is 18.4 Å². The van der Waals surface area contributed by atoms with Crippen molar-refractivity contribution in [3.63, 3.8) is 0 Å². The van der Waals surface area contributed by atoms with Crippen LogP contribution in [0.1, 0.15) is 15.9 Å². The zero-order chi connectivity index (χ0) is 22.7. The number of thiocarbonyl (C=S) groups is 1. The first-order valence-corrected chi connectivity index (χ1v) is 10.6. The van der Waals surface area contributed by atoms with Gasteiger partial charge in [0.25, 0.3) is 11.8 Å². The van der Waals surface area contributed by atoms with Gasteiger partial charge in [0, 0.05) is 18.7 Å². The van der Waals surface area contributed by atoms with Gasteiger partial charge in [-0.2, -0.15) is 8.78 Å². The van der Waals surface area contributed by atoms with Crippen molar-refractivity contribution in [2.45, 2.75) is 6.61 Å². The maximum atomic E-state index is 12.7. The van der Waals surface area contributed by atoms with Crippen LogP contribution in [0.3, 0.4) is 0 Å². The van der Waals surface area contributed by atoms with Gasteiger partial charge in [0.15, 0.2) is 11.5 Å². The van der Waals surface area contributed by atoms with Crippen molar-refractivity contribution in [1.82, 2.24) is 10.2 Å². The first-order chi connectivity index (χ1) is 15.4. The van der Waals surface area contributed by atoms with Crippen molar-refractivity contribution >= 4 is 46.2 Å². The van der Waals surface area contributed by atoms with Crippen molar-refractivity contribution in [2.75, 3.05) is 19.9 Å². The highest BCUT2D eigenvalue weighted by Crippen LogP contribution is 2.36. The number of carbonyl (C=O) groups excluding carboxylic acids is 2. The first-order valence-electron chi connectivity index (χ1n) is 9.39. The SMILES string of the molecule is O=C(NCCN1C(=O)/C(=C\c2ccc3c(c2)OCO3)SC1=S)c1cccc(OC(F)F)c1. The van der Waals surface area contributed by atoms with Gasteiger partial charge in [-0.25, -0.2) is 0 Å². The van der Waals surface area contributed by atoms with Gasteiger partial charge in [0.2, 0.25) is 6.79 Å². The molecule has 32 heavy (non-hydrogen) atoms. The van der Waals surface area contributed by atoms with E-state index in [2.05, 4.69) is 10.1 Å². The third kappa shape index (κ3) is 5.00. The van der Waals surface area contributed by atoms with Crippen LogP contribution >= 0.6 is 24.0 Å². The molecular weight excluding hydrogens is 462 g/mol. The molecule has 0 spiro atoms. The van der Waals surface area contributed by atoms with E-state index < -0.39 is 12.5 Å². The number of hydrogen-bond donors (Lipinski definition) is 1. The fourth-order valence-electron chi connectivity index (χ4n) is 3.04. The van der Waals surface area contributed by atoms with Crippen LogP contribution < -0.4 is 19.5 Å². The summed E-state index contributed by atoms with van der Waals surface area (Å²) in [5.74, 6) is 0.403. The molecule has 1 N–H and O–H groups in total. The number of ether oxygens (including phenoxy) is 3. The second kappa shape index (κ2) is 9.53. The molecule has 11 heteroatoms. The smallest absolute Gasteiger partial charge is 0.387 e. The predicted octanol–water partition coefficient (Wildman–Crippen LogP) is 3.65. The lowest BCUT2D eigenvalue weighted by molar-refractivity contribution is -0.122. The third-order valence-electron chi connectivity index (χ3n) is 4.51. The van der Waals surface area contributed by atoms with E-state index in [1.54, 1.807) is 18.2 Å². The molecule has 0 bridgehead atoms. The molecule has 4 rings (SSSR count). The zero-order valence-electron chi connectivity index (χ0n) is 16.4. The number of fused-ring (bicyclic) bond motifs is 1. The quantitative estimate of drug-likeness (QED) is 0.481. The number of nitrogens with one attached hydrogen (secondary N) is 1. The summed E-state index contributed by atoms with van der Waals surface area (Å²) < 4.78 is 40.0. The van der Waals surface area contributed by atoms with Crippen molar-refractivity contribution in [2.24, 2.45) is 0 Å². The van der Waals surface area contributed by atoms with Crippen molar-refractivity contribution in [1.29, 1.82) is 0 Å². The topological polar surface area (TPSA) is 77.1 Å². The van der Waals surface area contributed by atoms with Gasteiger partial charge in [-0.15, -0.1) is 0 Å².